The van der Waals surface area contributed by atoms with Crippen LogP contribution in [0.4, 0.5) is 0 Å². The van der Waals surface area contributed by atoms with Gasteiger partial charge in [-0.25, -0.2) is 4.57 Å². The molecule has 0 radical (unpaired) electrons. The zero-order chi connectivity index (χ0) is 35.4. The van der Waals surface area contributed by atoms with Crippen molar-refractivity contribution in [2.45, 2.75) is 161 Å². The molecule has 0 heterocycles. The number of ether oxygens (including phenoxy) is 2. The Hall–Kier alpha value is -2.25. The molecule has 48 heavy (non-hydrogen) atoms. The van der Waals surface area contributed by atoms with Gasteiger partial charge in [-0.3, -0.25) is 14.1 Å². The molecule has 0 aromatic rings. The Morgan fingerprint density at radius 2 is 1.00 bits per heavy atom. The van der Waals surface area contributed by atoms with E-state index in [9.17, 15) is 14.2 Å². The monoisotopic (exact) mass is 694 g/mol. The summed E-state index contributed by atoms with van der Waals surface area (Å²) in [6, 6.07) is 0. The molecule has 1 atom stereocenters. The number of phosphoric ester groups is 1. The number of phosphoric acid groups is 1. The molecule has 0 spiro atoms. The Labute approximate surface area is 292 Å². The van der Waals surface area contributed by atoms with Gasteiger partial charge in [0, 0.05) is 12.8 Å². The van der Waals surface area contributed by atoms with Gasteiger partial charge in [0.05, 0.1) is 6.61 Å². The molecule has 276 valence electrons. The molecule has 0 aliphatic heterocycles. The summed E-state index contributed by atoms with van der Waals surface area (Å²) in [4.78, 5) is 42.7. The van der Waals surface area contributed by atoms with Gasteiger partial charge < -0.3 is 19.3 Å². The molecule has 0 aliphatic rings. The summed E-state index contributed by atoms with van der Waals surface area (Å²) in [5.74, 6) is -0.949. The summed E-state index contributed by atoms with van der Waals surface area (Å²) in [5.41, 5.74) is 0. The van der Waals surface area contributed by atoms with E-state index in [-0.39, 0.29) is 19.4 Å². The lowest BCUT2D eigenvalue weighted by atomic mass is 10.1. The molecule has 0 aliphatic carbocycles. The second kappa shape index (κ2) is 34.6. The first-order valence-corrected chi connectivity index (χ1v) is 20.1. The number of rotatable bonds is 33. The van der Waals surface area contributed by atoms with Gasteiger partial charge in [0.25, 0.3) is 0 Å². The van der Waals surface area contributed by atoms with Crippen LogP contribution in [0.2, 0.25) is 0 Å². The van der Waals surface area contributed by atoms with Gasteiger partial charge in [-0.05, 0) is 77.0 Å². The van der Waals surface area contributed by atoms with Crippen LogP contribution >= 0.6 is 7.82 Å². The zero-order valence-electron chi connectivity index (χ0n) is 30.1. The van der Waals surface area contributed by atoms with E-state index >= 15 is 0 Å². The second-order valence-corrected chi connectivity index (χ2v) is 13.4. The predicted octanol–water partition coefficient (Wildman–Crippen LogP) is 11.0. The summed E-state index contributed by atoms with van der Waals surface area (Å²) in [5, 5.41) is 0. The normalized spacial score (nSPS) is 13.2. The molecular formula is C39H67O8P. The summed E-state index contributed by atoms with van der Waals surface area (Å²) in [7, 11) is -4.76. The Morgan fingerprint density at radius 1 is 0.562 bits per heavy atom. The van der Waals surface area contributed by atoms with E-state index < -0.39 is 32.5 Å². The highest BCUT2D eigenvalue weighted by molar-refractivity contribution is 7.46. The fraction of sp³-hybridized carbons (Fsp3) is 0.692. The fourth-order valence-electron chi connectivity index (χ4n) is 4.77. The predicted molar refractivity (Wildman–Crippen MR) is 197 cm³/mol. The summed E-state index contributed by atoms with van der Waals surface area (Å²) in [6.07, 6.45) is 42.3. The summed E-state index contributed by atoms with van der Waals surface area (Å²) >= 11 is 0. The Kier molecular flexibility index (Phi) is 33.0. The maximum atomic E-state index is 12.3. The van der Waals surface area contributed by atoms with Crippen LogP contribution in [0.15, 0.2) is 60.8 Å². The van der Waals surface area contributed by atoms with E-state index in [4.69, 9.17) is 19.3 Å². The molecule has 0 fully saturated rings. The van der Waals surface area contributed by atoms with Crippen molar-refractivity contribution in [2.75, 3.05) is 13.2 Å². The van der Waals surface area contributed by atoms with Gasteiger partial charge in [-0.15, -0.1) is 0 Å². The first-order valence-electron chi connectivity index (χ1n) is 18.6. The SMILES string of the molecule is CC/C=C\C/C=C\C/C=C\C/C=C\CCCCC(=O)O[C@H](COC(=O)CCCCCCC/C=C\CCCCCCCC)COP(=O)(O)O. The Bertz CT molecular complexity index is 963. The van der Waals surface area contributed by atoms with Gasteiger partial charge in [0.2, 0.25) is 0 Å². The molecule has 0 bridgehead atoms. The minimum atomic E-state index is -4.76. The molecular weight excluding hydrogens is 627 g/mol. The van der Waals surface area contributed by atoms with Gasteiger partial charge >= 0.3 is 19.8 Å². The van der Waals surface area contributed by atoms with Crippen LogP contribution in [0.3, 0.4) is 0 Å². The van der Waals surface area contributed by atoms with E-state index in [2.05, 4.69) is 79.1 Å². The minimum absolute atomic E-state index is 0.156. The largest absolute Gasteiger partial charge is 0.469 e. The van der Waals surface area contributed by atoms with Crippen molar-refractivity contribution in [1.82, 2.24) is 0 Å². The quantitative estimate of drug-likeness (QED) is 0.0301. The van der Waals surface area contributed by atoms with Crippen LogP contribution in [0.1, 0.15) is 155 Å². The van der Waals surface area contributed by atoms with E-state index in [1.54, 1.807) is 0 Å². The first kappa shape index (κ1) is 45.8. The van der Waals surface area contributed by atoms with Gasteiger partial charge in [-0.2, -0.15) is 0 Å². The van der Waals surface area contributed by atoms with Gasteiger partial charge in [-0.1, -0.05) is 126 Å². The molecule has 9 heteroatoms. The Morgan fingerprint density at radius 3 is 1.56 bits per heavy atom. The van der Waals surface area contributed by atoms with Crippen LogP contribution in [0.5, 0.6) is 0 Å². The number of hydrogen-bond donors (Lipinski definition) is 2. The maximum Gasteiger partial charge on any atom is 0.469 e. The van der Waals surface area contributed by atoms with Crippen LogP contribution in [-0.2, 0) is 28.2 Å². The molecule has 8 nitrogen and oxygen atoms in total. The highest BCUT2D eigenvalue weighted by atomic mass is 31.2. The van der Waals surface area contributed by atoms with Crippen molar-refractivity contribution in [1.29, 1.82) is 0 Å². The lowest BCUT2D eigenvalue weighted by molar-refractivity contribution is -0.161. The van der Waals surface area contributed by atoms with Crippen molar-refractivity contribution in [3.8, 4) is 0 Å². The van der Waals surface area contributed by atoms with Crippen molar-refractivity contribution in [3.05, 3.63) is 60.8 Å². The third-order valence-corrected chi connectivity index (χ3v) is 8.01. The van der Waals surface area contributed by atoms with Gasteiger partial charge in [0.1, 0.15) is 6.61 Å². The number of allylic oxidation sites excluding steroid dienone is 10. The average molecular weight is 695 g/mol. The zero-order valence-corrected chi connectivity index (χ0v) is 31.0. The van der Waals surface area contributed by atoms with Crippen molar-refractivity contribution >= 4 is 19.8 Å². The van der Waals surface area contributed by atoms with Crippen LogP contribution in [0, 0.1) is 0 Å². The van der Waals surface area contributed by atoms with Crippen LogP contribution in [-0.4, -0.2) is 41.0 Å². The second-order valence-electron chi connectivity index (χ2n) is 12.2. The highest BCUT2D eigenvalue weighted by Gasteiger charge is 2.22. The van der Waals surface area contributed by atoms with Crippen molar-refractivity contribution < 1.29 is 37.9 Å². The highest BCUT2D eigenvalue weighted by Crippen LogP contribution is 2.35. The number of carbonyl (C=O) groups is 2. The number of hydrogen-bond acceptors (Lipinski definition) is 6. The number of unbranched alkanes of at least 4 members (excludes halogenated alkanes) is 13. The molecule has 0 saturated heterocycles. The number of esters is 2. The molecule has 2 N–H and O–H groups in total. The molecule has 0 aromatic carbocycles. The molecule has 0 rings (SSSR count). The van der Waals surface area contributed by atoms with Gasteiger partial charge in [0.15, 0.2) is 6.10 Å². The molecule has 0 aromatic heterocycles. The standard InChI is InChI=1S/C39H67O8P/c1-3-5-7-9-11-13-15-17-19-21-23-25-27-29-31-33-38(40)45-35-37(36-46-48(42,43)44)47-39(41)34-32-30-28-26-24-22-20-18-16-14-12-10-8-6-4-2/h6,8,12,14,17-20,24,26,37H,3-5,7,9-11,13,15-16,21-23,25,27-36H2,1-2H3,(H2,42,43,44)/b8-6-,14-12-,19-17-,20-18-,26-24-/t37-/m1/s1. The smallest absolute Gasteiger partial charge is 0.462 e. The lowest BCUT2D eigenvalue weighted by Crippen LogP contribution is -2.29. The molecule has 0 saturated carbocycles. The number of carbonyl (C=O) groups excluding carboxylic acids is 2. The summed E-state index contributed by atoms with van der Waals surface area (Å²) < 4.78 is 26.2. The van der Waals surface area contributed by atoms with Crippen molar-refractivity contribution in [2.24, 2.45) is 0 Å². The molecule has 0 amide bonds. The first-order chi connectivity index (χ1) is 23.3. The third kappa shape index (κ3) is 36.6. The van der Waals surface area contributed by atoms with Crippen LogP contribution < -0.4 is 0 Å². The topological polar surface area (TPSA) is 119 Å². The average Bonchev–Trinajstić information content (AvgIpc) is 3.05. The van der Waals surface area contributed by atoms with Crippen molar-refractivity contribution in [3.63, 3.8) is 0 Å². The van der Waals surface area contributed by atoms with E-state index in [0.717, 1.165) is 70.6 Å². The van der Waals surface area contributed by atoms with Crippen LogP contribution in [0.25, 0.3) is 0 Å². The fourth-order valence-corrected chi connectivity index (χ4v) is 5.13. The molecule has 0 unspecified atom stereocenters. The third-order valence-electron chi connectivity index (χ3n) is 7.52. The minimum Gasteiger partial charge on any atom is -0.462 e. The summed E-state index contributed by atoms with van der Waals surface area (Å²) in [6.45, 7) is 3.50. The lowest BCUT2D eigenvalue weighted by Gasteiger charge is -2.18. The van der Waals surface area contributed by atoms with E-state index in [0.29, 0.717) is 12.8 Å². The maximum absolute atomic E-state index is 12.3. The van der Waals surface area contributed by atoms with E-state index in [1.165, 1.54) is 44.9 Å². The van der Waals surface area contributed by atoms with E-state index in [1.807, 2.05) is 0 Å². The Balaban J connectivity index is 4.07.